The molecule has 6 aromatic rings. The van der Waals surface area contributed by atoms with E-state index < -0.39 is 0 Å². The Morgan fingerprint density at radius 2 is 1.03 bits per heavy atom. The van der Waals surface area contributed by atoms with Crippen molar-refractivity contribution in [3.8, 4) is 22.3 Å². The third-order valence-electron chi connectivity index (χ3n) is 6.13. The summed E-state index contributed by atoms with van der Waals surface area (Å²) < 4.78 is 0. The first-order valence-corrected chi connectivity index (χ1v) is 12.3. The zero-order valence-corrected chi connectivity index (χ0v) is 19.5. The first kappa shape index (κ1) is 20.5. The fourth-order valence-electron chi connectivity index (χ4n) is 4.50. The van der Waals surface area contributed by atoms with Crippen LogP contribution in [0.25, 0.3) is 33.0 Å². The first-order chi connectivity index (χ1) is 16.9. The van der Waals surface area contributed by atoms with E-state index in [0.717, 1.165) is 11.4 Å². The summed E-state index contributed by atoms with van der Waals surface area (Å²) in [6.07, 6.45) is 0. The van der Waals surface area contributed by atoms with E-state index in [9.17, 15) is 0 Å². The maximum atomic E-state index is 2.37. The average molecular weight is 454 g/mol. The van der Waals surface area contributed by atoms with Gasteiger partial charge in [0.05, 0.1) is 0 Å². The molecule has 0 amide bonds. The van der Waals surface area contributed by atoms with Gasteiger partial charge in [-0.05, 0) is 52.2 Å². The molecule has 34 heavy (non-hydrogen) atoms. The highest BCUT2D eigenvalue weighted by atomic mass is 32.1. The van der Waals surface area contributed by atoms with E-state index in [-0.39, 0.29) is 0 Å². The van der Waals surface area contributed by atoms with Crippen LogP contribution in [-0.4, -0.2) is 0 Å². The van der Waals surface area contributed by atoms with Crippen molar-refractivity contribution in [2.75, 3.05) is 4.90 Å². The lowest BCUT2D eigenvalue weighted by molar-refractivity contribution is 1.32. The smallest absolute Gasteiger partial charge is 0.109 e. The second-order valence-corrected chi connectivity index (χ2v) is 9.12. The van der Waals surface area contributed by atoms with E-state index in [1.54, 1.807) is 11.3 Å². The fraction of sp³-hybridized carbons (Fsp3) is 0. The van der Waals surface area contributed by atoms with Crippen molar-refractivity contribution < 1.29 is 0 Å². The maximum Gasteiger partial charge on any atom is 0.109 e. The van der Waals surface area contributed by atoms with Gasteiger partial charge in [0.25, 0.3) is 0 Å². The van der Waals surface area contributed by atoms with Gasteiger partial charge in [0.2, 0.25) is 0 Å². The number of thiophene rings is 1. The van der Waals surface area contributed by atoms with Gasteiger partial charge in [-0.1, -0.05) is 103 Å². The molecule has 0 bridgehead atoms. The molecular formula is C32H23NS. The molecule has 0 unspecified atom stereocenters. The summed E-state index contributed by atoms with van der Waals surface area (Å²) in [6, 6.07) is 47.3. The van der Waals surface area contributed by atoms with Crippen LogP contribution in [0.15, 0.2) is 139 Å². The molecule has 0 aliphatic rings. The average Bonchev–Trinajstić information content (AvgIpc) is 3.35. The summed E-state index contributed by atoms with van der Waals surface area (Å²) >= 11 is 1.79. The Balaban J connectivity index is 1.61. The minimum Gasteiger partial charge on any atom is -0.301 e. The second kappa shape index (κ2) is 9.01. The van der Waals surface area contributed by atoms with Crippen molar-refractivity contribution in [2.45, 2.75) is 0 Å². The third-order valence-corrected chi connectivity index (χ3v) is 7.09. The van der Waals surface area contributed by atoms with Crippen LogP contribution in [0.2, 0.25) is 0 Å². The highest BCUT2D eigenvalue weighted by Crippen LogP contribution is 2.49. The molecule has 1 nitrogen and oxygen atoms in total. The molecule has 0 atom stereocenters. The van der Waals surface area contributed by atoms with Crippen LogP contribution >= 0.6 is 11.3 Å². The van der Waals surface area contributed by atoms with Gasteiger partial charge in [0, 0.05) is 27.9 Å². The highest BCUT2D eigenvalue weighted by molar-refractivity contribution is 7.15. The zero-order valence-electron chi connectivity index (χ0n) is 18.6. The summed E-state index contributed by atoms with van der Waals surface area (Å²) in [6.45, 7) is 0. The number of para-hydroxylation sites is 2. The van der Waals surface area contributed by atoms with E-state index >= 15 is 0 Å². The van der Waals surface area contributed by atoms with Crippen LogP contribution < -0.4 is 4.90 Å². The summed E-state index contributed by atoms with van der Waals surface area (Å²) in [4.78, 5) is 2.37. The zero-order chi connectivity index (χ0) is 22.7. The minimum absolute atomic E-state index is 1.15. The summed E-state index contributed by atoms with van der Waals surface area (Å²) in [7, 11) is 0. The molecular weight excluding hydrogens is 430 g/mol. The van der Waals surface area contributed by atoms with Crippen LogP contribution in [0.5, 0.6) is 0 Å². The van der Waals surface area contributed by atoms with Gasteiger partial charge in [-0.3, -0.25) is 0 Å². The van der Waals surface area contributed by atoms with Gasteiger partial charge in [-0.2, -0.15) is 0 Å². The molecule has 0 radical (unpaired) electrons. The standard InChI is InChI=1S/C32H23NS/c1-4-13-25(14-5-1)31-30(27-21-20-24-12-10-11-15-26(24)22-27)23-34-32(31)33(28-16-6-2-7-17-28)29-18-8-3-9-19-29/h1-23H. The molecule has 2 heteroatoms. The second-order valence-electron chi connectivity index (χ2n) is 8.26. The van der Waals surface area contributed by atoms with Crippen molar-refractivity contribution in [2.24, 2.45) is 0 Å². The van der Waals surface area contributed by atoms with Crippen molar-refractivity contribution >= 4 is 38.5 Å². The number of hydrogen-bond donors (Lipinski definition) is 0. The number of fused-ring (bicyclic) bond motifs is 1. The van der Waals surface area contributed by atoms with Gasteiger partial charge < -0.3 is 4.90 Å². The van der Waals surface area contributed by atoms with Gasteiger partial charge in [0.1, 0.15) is 5.00 Å². The SMILES string of the molecule is c1ccc(-c2c(-c3ccc4ccccc4c3)csc2N(c2ccccc2)c2ccccc2)cc1. The quantitative estimate of drug-likeness (QED) is 0.251. The largest absolute Gasteiger partial charge is 0.301 e. The Kier molecular flexibility index (Phi) is 5.42. The number of rotatable bonds is 5. The Morgan fingerprint density at radius 1 is 0.471 bits per heavy atom. The summed E-state index contributed by atoms with van der Waals surface area (Å²) in [5.41, 5.74) is 7.28. The third kappa shape index (κ3) is 3.79. The monoisotopic (exact) mass is 453 g/mol. The van der Waals surface area contributed by atoms with E-state index in [4.69, 9.17) is 0 Å². The van der Waals surface area contributed by atoms with Crippen molar-refractivity contribution in [1.29, 1.82) is 0 Å². The number of anilines is 3. The molecule has 1 aromatic heterocycles. The van der Waals surface area contributed by atoms with Gasteiger partial charge in [-0.15, -0.1) is 11.3 Å². The molecule has 0 saturated carbocycles. The summed E-state index contributed by atoms with van der Waals surface area (Å²) in [5, 5.41) is 6.04. The molecule has 162 valence electrons. The van der Waals surface area contributed by atoms with Crippen molar-refractivity contribution in [3.05, 3.63) is 139 Å². The molecule has 0 N–H and O–H groups in total. The topological polar surface area (TPSA) is 3.24 Å². The maximum absolute atomic E-state index is 2.37. The van der Waals surface area contributed by atoms with E-state index in [1.165, 1.54) is 38.0 Å². The van der Waals surface area contributed by atoms with E-state index in [1.807, 2.05) is 0 Å². The van der Waals surface area contributed by atoms with Crippen molar-refractivity contribution in [1.82, 2.24) is 0 Å². The Bertz CT molecular complexity index is 1500. The predicted molar refractivity (Wildman–Crippen MR) is 147 cm³/mol. The van der Waals surface area contributed by atoms with Crippen LogP contribution in [0.1, 0.15) is 0 Å². The Hall–Kier alpha value is -4.14. The lowest BCUT2D eigenvalue weighted by Gasteiger charge is -2.25. The van der Waals surface area contributed by atoms with Crippen LogP contribution in [0.4, 0.5) is 16.4 Å². The molecule has 6 rings (SSSR count). The predicted octanol–water partition coefficient (Wildman–Crippen LogP) is 9.71. The molecule has 0 aliphatic heterocycles. The van der Waals surface area contributed by atoms with E-state index in [0.29, 0.717) is 0 Å². The molecule has 0 aliphatic carbocycles. The number of benzene rings is 5. The highest BCUT2D eigenvalue weighted by Gasteiger charge is 2.22. The van der Waals surface area contributed by atoms with Crippen LogP contribution in [-0.2, 0) is 0 Å². The van der Waals surface area contributed by atoms with Crippen molar-refractivity contribution in [3.63, 3.8) is 0 Å². The van der Waals surface area contributed by atoms with Gasteiger partial charge >= 0.3 is 0 Å². The molecule has 5 aromatic carbocycles. The van der Waals surface area contributed by atoms with Crippen LogP contribution in [0.3, 0.4) is 0 Å². The molecule has 0 saturated heterocycles. The Morgan fingerprint density at radius 3 is 1.68 bits per heavy atom. The van der Waals surface area contributed by atoms with Gasteiger partial charge in [0.15, 0.2) is 0 Å². The fourth-order valence-corrected chi connectivity index (χ4v) is 5.65. The molecule has 0 spiro atoms. The lowest BCUT2D eigenvalue weighted by Crippen LogP contribution is -2.09. The molecule has 1 heterocycles. The first-order valence-electron chi connectivity index (χ1n) is 11.4. The normalized spacial score (nSPS) is 10.9. The number of hydrogen-bond acceptors (Lipinski definition) is 2. The van der Waals surface area contributed by atoms with Crippen LogP contribution in [0, 0.1) is 0 Å². The van der Waals surface area contributed by atoms with E-state index in [2.05, 4.69) is 144 Å². The Labute approximate surface area is 204 Å². The lowest BCUT2D eigenvalue weighted by atomic mass is 9.96. The summed E-state index contributed by atoms with van der Waals surface area (Å²) in [5.74, 6) is 0. The number of nitrogens with zero attached hydrogens (tertiary/aromatic N) is 1. The molecule has 0 fully saturated rings. The van der Waals surface area contributed by atoms with Gasteiger partial charge in [-0.25, -0.2) is 0 Å². The minimum atomic E-state index is 1.15.